The van der Waals surface area contributed by atoms with Gasteiger partial charge in [-0.15, -0.1) is 0 Å². The van der Waals surface area contributed by atoms with E-state index in [1.807, 2.05) is 13.8 Å². The topological polar surface area (TPSA) is 94.2 Å². The average Bonchev–Trinajstić information content (AvgIpc) is 2.71. The van der Waals surface area contributed by atoms with Crippen molar-refractivity contribution in [2.75, 3.05) is 35.1 Å². The van der Waals surface area contributed by atoms with E-state index < -0.39 is 15.9 Å². The minimum atomic E-state index is -3.70. The Labute approximate surface area is 176 Å². The molecule has 0 unspecified atom stereocenters. The summed E-state index contributed by atoms with van der Waals surface area (Å²) in [5.41, 5.74) is 0.863. The number of rotatable bonds is 8. The van der Waals surface area contributed by atoms with Gasteiger partial charge in [-0.25, -0.2) is 8.42 Å². The summed E-state index contributed by atoms with van der Waals surface area (Å²) in [6.07, 6.45) is -0.00338. The first-order chi connectivity index (χ1) is 14.3. The molecule has 1 N–H and O–H groups in total. The zero-order chi connectivity index (χ0) is 21.7. The molecule has 3 rings (SSSR count). The Morgan fingerprint density at radius 2 is 1.87 bits per heavy atom. The number of carbonyl (C=O) groups excluding carboxylic acids is 1. The standard InChI is InChI=1S/C21H26N2O6S/c1-4-30(25,26)23(17-8-9-19-20(13-17)28-11-10-27-19)14-21(24)22-16-6-5-7-18(12-16)29-15(2)3/h5-9,12-13,15H,4,10-11,14H2,1-3H3,(H,22,24). The van der Waals surface area contributed by atoms with Gasteiger partial charge in [-0.2, -0.15) is 0 Å². The average molecular weight is 435 g/mol. The van der Waals surface area contributed by atoms with Crippen LogP contribution in [0.2, 0.25) is 0 Å². The monoisotopic (exact) mass is 434 g/mol. The molecular weight excluding hydrogens is 408 g/mol. The van der Waals surface area contributed by atoms with Crippen LogP contribution >= 0.6 is 0 Å². The molecule has 0 radical (unpaired) electrons. The van der Waals surface area contributed by atoms with Crippen LogP contribution in [0.25, 0.3) is 0 Å². The molecule has 0 spiro atoms. The summed E-state index contributed by atoms with van der Waals surface area (Å²) >= 11 is 0. The Morgan fingerprint density at radius 1 is 1.13 bits per heavy atom. The number of benzene rings is 2. The largest absolute Gasteiger partial charge is 0.491 e. The highest BCUT2D eigenvalue weighted by Gasteiger charge is 2.25. The number of hydrogen-bond donors (Lipinski definition) is 1. The van der Waals surface area contributed by atoms with Crippen molar-refractivity contribution in [3.8, 4) is 17.2 Å². The van der Waals surface area contributed by atoms with E-state index in [2.05, 4.69) is 5.32 Å². The third-order valence-electron chi connectivity index (χ3n) is 4.29. The van der Waals surface area contributed by atoms with Gasteiger partial charge in [0.15, 0.2) is 11.5 Å². The molecule has 0 aromatic heterocycles. The van der Waals surface area contributed by atoms with Gasteiger partial charge in [-0.3, -0.25) is 9.10 Å². The molecule has 1 heterocycles. The molecule has 9 heteroatoms. The molecule has 0 bridgehead atoms. The number of sulfonamides is 1. The Kier molecular flexibility index (Phi) is 6.71. The third kappa shape index (κ3) is 5.35. The number of nitrogens with zero attached hydrogens (tertiary/aromatic N) is 1. The van der Waals surface area contributed by atoms with Crippen molar-refractivity contribution < 1.29 is 27.4 Å². The summed E-state index contributed by atoms with van der Waals surface area (Å²) in [4.78, 5) is 12.7. The zero-order valence-corrected chi connectivity index (χ0v) is 18.1. The Bertz CT molecular complexity index is 1010. The molecule has 8 nitrogen and oxygen atoms in total. The van der Waals surface area contributed by atoms with Crippen LogP contribution in [-0.2, 0) is 14.8 Å². The first kappa shape index (κ1) is 21.8. The van der Waals surface area contributed by atoms with Gasteiger partial charge in [0.25, 0.3) is 0 Å². The molecule has 1 aliphatic heterocycles. The normalized spacial score (nSPS) is 13.1. The van der Waals surface area contributed by atoms with Gasteiger partial charge in [-0.05, 0) is 45.0 Å². The fourth-order valence-electron chi connectivity index (χ4n) is 2.94. The Morgan fingerprint density at radius 3 is 2.57 bits per heavy atom. The van der Waals surface area contributed by atoms with Gasteiger partial charge in [-0.1, -0.05) is 6.07 Å². The second-order valence-electron chi connectivity index (χ2n) is 6.98. The number of nitrogens with one attached hydrogen (secondary N) is 1. The van der Waals surface area contributed by atoms with Crippen LogP contribution in [0.1, 0.15) is 20.8 Å². The van der Waals surface area contributed by atoms with Crippen molar-refractivity contribution >= 4 is 27.3 Å². The molecule has 2 aromatic rings. The summed E-state index contributed by atoms with van der Waals surface area (Å²) in [5.74, 6) is 1.00. The number of hydrogen-bond acceptors (Lipinski definition) is 6. The summed E-state index contributed by atoms with van der Waals surface area (Å²) in [6, 6.07) is 11.8. The van der Waals surface area contributed by atoms with E-state index in [1.54, 1.807) is 42.5 Å². The Balaban J connectivity index is 1.80. The van der Waals surface area contributed by atoms with Crippen LogP contribution in [0.5, 0.6) is 17.2 Å². The van der Waals surface area contributed by atoms with E-state index in [4.69, 9.17) is 14.2 Å². The summed E-state index contributed by atoms with van der Waals surface area (Å²) in [5, 5.41) is 2.73. The predicted molar refractivity (Wildman–Crippen MR) is 115 cm³/mol. The fraction of sp³-hybridized carbons (Fsp3) is 0.381. The van der Waals surface area contributed by atoms with Crippen molar-refractivity contribution in [1.82, 2.24) is 0 Å². The third-order valence-corrected chi connectivity index (χ3v) is 6.03. The zero-order valence-electron chi connectivity index (χ0n) is 17.3. The second kappa shape index (κ2) is 9.25. The van der Waals surface area contributed by atoms with Crippen molar-refractivity contribution in [2.24, 2.45) is 0 Å². The van der Waals surface area contributed by atoms with Gasteiger partial charge in [0.2, 0.25) is 15.9 Å². The molecule has 30 heavy (non-hydrogen) atoms. The molecule has 1 amide bonds. The van der Waals surface area contributed by atoms with Crippen molar-refractivity contribution in [1.29, 1.82) is 0 Å². The smallest absolute Gasteiger partial charge is 0.245 e. The molecule has 0 saturated heterocycles. The van der Waals surface area contributed by atoms with Crippen molar-refractivity contribution in [3.05, 3.63) is 42.5 Å². The second-order valence-corrected chi connectivity index (χ2v) is 9.16. The molecule has 162 valence electrons. The van der Waals surface area contributed by atoms with Crippen LogP contribution in [0.15, 0.2) is 42.5 Å². The lowest BCUT2D eigenvalue weighted by Gasteiger charge is -2.25. The van der Waals surface area contributed by atoms with Gasteiger partial charge >= 0.3 is 0 Å². The number of anilines is 2. The molecule has 0 aliphatic carbocycles. The minimum absolute atomic E-state index is 0.00338. The minimum Gasteiger partial charge on any atom is -0.491 e. The highest BCUT2D eigenvalue weighted by molar-refractivity contribution is 7.92. The molecule has 0 atom stereocenters. The Hall–Kier alpha value is -2.94. The maximum absolute atomic E-state index is 12.7. The van der Waals surface area contributed by atoms with Gasteiger partial charge in [0, 0.05) is 17.8 Å². The predicted octanol–water partition coefficient (Wildman–Crippen LogP) is 3.04. The molecule has 1 aliphatic rings. The lowest BCUT2D eigenvalue weighted by Crippen LogP contribution is -2.39. The summed E-state index contributed by atoms with van der Waals surface area (Å²) < 4.78 is 43.1. The fourth-order valence-corrected chi connectivity index (χ4v) is 4.00. The lowest BCUT2D eigenvalue weighted by molar-refractivity contribution is -0.114. The maximum Gasteiger partial charge on any atom is 0.245 e. The van der Waals surface area contributed by atoms with Gasteiger partial charge in [0.05, 0.1) is 17.5 Å². The quantitative estimate of drug-likeness (QED) is 0.686. The van der Waals surface area contributed by atoms with E-state index in [0.29, 0.717) is 41.8 Å². The molecule has 0 saturated carbocycles. The summed E-state index contributed by atoms with van der Waals surface area (Å²) in [7, 11) is -3.70. The lowest BCUT2D eigenvalue weighted by atomic mass is 10.2. The van der Waals surface area contributed by atoms with Gasteiger partial charge < -0.3 is 19.5 Å². The molecule has 0 fully saturated rings. The first-order valence-corrected chi connectivity index (χ1v) is 11.4. The number of ether oxygens (including phenoxy) is 3. The highest BCUT2D eigenvalue weighted by atomic mass is 32.2. The van der Waals surface area contributed by atoms with Crippen LogP contribution < -0.4 is 23.8 Å². The van der Waals surface area contributed by atoms with Crippen LogP contribution in [0.4, 0.5) is 11.4 Å². The number of carbonyl (C=O) groups is 1. The van der Waals surface area contributed by atoms with Crippen molar-refractivity contribution in [3.63, 3.8) is 0 Å². The first-order valence-electron chi connectivity index (χ1n) is 9.75. The molecule has 2 aromatic carbocycles. The molecular formula is C21H26N2O6S. The van der Waals surface area contributed by atoms with Crippen molar-refractivity contribution in [2.45, 2.75) is 26.9 Å². The summed E-state index contributed by atoms with van der Waals surface area (Å²) in [6.45, 7) is 5.80. The van der Waals surface area contributed by atoms with E-state index in [0.717, 1.165) is 4.31 Å². The van der Waals surface area contributed by atoms with E-state index in [1.165, 1.54) is 6.92 Å². The van der Waals surface area contributed by atoms with E-state index in [9.17, 15) is 13.2 Å². The van der Waals surface area contributed by atoms with E-state index >= 15 is 0 Å². The number of fused-ring (bicyclic) bond motifs is 1. The van der Waals surface area contributed by atoms with Gasteiger partial charge in [0.1, 0.15) is 25.5 Å². The van der Waals surface area contributed by atoms with Crippen LogP contribution in [0.3, 0.4) is 0 Å². The maximum atomic E-state index is 12.7. The highest BCUT2D eigenvalue weighted by Crippen LogP contribution is 2.34. The van der Waals surface area contributed by atoms with E-state index in [-0.39, 0.29) is 18.4 Å². The SMILES string of the molecule is CCS(=O)(=O)N(CC(=O)Nc1cccc(OC(C)C)c1)c1ccc2c(c1)OCCO2. The van der Waals surface area contributed by atoms with Crippen LogP contribution in [0, 0.1) is 0 Å². The van der Waals surface area contributed by atoms with Crippen LogP contribution in [-0.4, -0.2) is 45.9 Å². The number of amides is 1.